The van der Waals surface area contributed by atoms with E-state index in [1.807, 2.05) is 19.9 Å². The molecular weight excluding hydrogens is 240 g/mol. The van der Waals surface area contributed by atoms with Gasteiger partial charge in [0.05, 0.1) is 6.10 Å². The van der Waals surface area contributed by atoms with Crippen LogP contribution in [0.3, 0.4) is 0 Å². The molecule has 1 unspecified atom stereocenters. The van der Waals surface area contributed by atoms with E-state index in [-0.39, 0.29) is 6.10 Å². The Morgan fingerprint density at radius 1 is 1.42 bits per heavy atom. The van der Waals surface area contributed by atoms with Crippen molar-refractivity contribution in [1.29, 1.82) is 0 Å². The Balaban J connectivity index is 2.05. The first kappa shape index (κ1) is 14.2. The molecule has 1 atom stereocenters. The molecule has 0 amide bonds. The maximum absolute atomic E-state index is 9.59. The molecule has 0 radical (unpaired) electrons. The minimum absolute atomic E-state index is 0.322. The van der Waals surface area contributed by atoms with E-state index in [1.165, 1.54) is 0 Å². The number of hydrogen-bond donors (Lipinski definition) is 3. The van der Waals surface area contributed by atoms with Gasteiger partial charge in [0, 0.05) is 24.2 Å². The van der Waals surface area contributed by atoms with E-state index in [0.29, 0.717) is 12.5 Å². The van der Waals surface area contributed by atoms with Crippen molar-refractivity contribution in [3.05, 3.63) is 17.6 Å². The molecule has 19 heavy (non-hydrogen) atoms. The van der Waals surface area contributed by atoms with Gasteiger partial charge < -0.3 is 15.7 Å². The molecular formula is C14H24N4O. The highest BCUT2D eigenvalue weighted by Gasteiger charge is 2.17. The standard InChI is InChI=1S/C14H24N4O/c1-3-12(19)9-16-14-8-13(17-10(2)18-14)11-4-6-15-7-5-11/h8,11-12,15,19H,3-7,9H2,1-2H3,(H,16,17,18). The molecule has 1 aromatic heterocycles. The van der Waals surface area contributed by atoms with Gasteiger partial charge in [0.15, 0.2) is 0 Å². The van der Waals surface area contributed by atoms with Gasteiger partial charge in [-0.05, 0) is 39.3 Å². The molecule has 106 valence electrons. The number of anilines is 1. The molecule has 0 spiro atoms. The number of aliphatic hydroxyl groups is 1. The van der Waals surface area contributed by atoms with E-state index in [0.717, 1.165) is 49.7 Å². The SMILES string of the molecule is CCC(O)CNc1cc(C2CCNCC2)nc(C)n1. The second kappa shape index (κ2) is 6.82. The summed E-state index contributed by atoms with van der Waals surface area (Å²) in [7, 11) is 0. The van der Waals surface area contributed by atoms with Crippen LogP contribution in [-0.2, 0) is 0 Å². The molecule has 0 aliphatic carbocycles. The Morgan fingerprint density at radius 3 is 2.84 bits per heavy atom. The third kappa shape index (κ3) is 4.14. The van der Waals surface area contributed by atoms with Crippen molar-refractivity contribution in [3.63, 3.8) is 0 Å². The number of rotatable bonds is 5. The van der Waals surface area contributed by atoms with E-state index in [9.17, 15) is 5.11 Å². The van der Waals surface area contributed by atoms with Crippen molar-refractivity contribution in [2.45, 2.75) is 45.1 Å². The van der Waals surface area contributed by atoms with Gasteiger partial charge in [-0.25, -0.2) is 9.97 Å². The molecule has 0 bridgehead atoms. The second-order valence-electron chi connectivity index (χ2n) is 5.19. The number of nitrogens with one attached hydrogen (secondary N) is 2. The highest BCUT2D eigenvalue weighted by atomic mass is 16.3. The maximum atomic E-state index is 9.59. The summed E-state index contributed by atoms with van der Waals surface area (Å²) >= 11 is 0. The highest BCUT2D eigenvalue weighted by molar-refractivity contribution is 5.37. The molecule has 1 aromatic rings. The minimum Gasteiger partial charge on any atom is -0.391 e. The predicted molar refractivity (Wildman–Crippen MR) is 76.4 cm³/mol. The molecule has 1 aliphatic heterocycles. The summed E-state index contributed by atoms with van der Waals surface area (Å²) in [5.41, 5.74) is 1.13. The van der Waals surface area contributed by atoms with Crippen LogP contribution in [0.5, 0.6) is 0 Å². The Morgan fingerprint density at radius 2 is 2.16 bits per heavy atom. The van der Waals surface area contributed by atoms with Gasteiger partial charge >= 0.3 is 0 Å². The van der Waals surface area contributed by atoms with Gasteiger partial charge in [-0.3, -0.25) is 0 Å². The molecule has 2 heterocycles. The smallest absolute Gasteiger partial charge is 0.130 e. The summed E-state index contributed by atoms with van der Waals surface area (Å²) in [5, 5.41) is 16.2. The van der Waals surface area contributed by atoms with E-state index >= 15 is 0 Å². The van der Waals surface area contributed by atoms with Crippen molar-refractivity contribution < 1.29 is 5.11 Å². The molecule has 2 rings (SSSR count). The third-order valence-corrected chi connectivity index (χ3v) is 3.61. The summed E-state index contributed by atoms with van der Waals surface area (Å²) in [6, 6.07) is 2.03. The average Bonchev–Trinajstić information content (AvgIpc) is 2.45. The highest BCUT2D eigenvalue weighted by Crippen LogP contribution is 2.25. The maximum Gasteiger partial charge on any atom is 0.130 e. The number of aromatic nitrogens is 2. The fourth-order valence-electron chi connectivity index (χ4n) is 2.37. The lowest BCUT2D eigenvalue weighted by Crippen LogP contribution is -2.27. The number of nitrogens with zero attached hydrogens (tertiary/aromatic N) is 2. The van der Waals surface area contributed by atoms with Crippen molar-refractivity contribution >= 4 is 5.82 Å². The van der Waals surface area contributed by atoms with Gasteiger partial charge in [-0.2, -0.15) is 0 Å². The van der Waals surface area contributed by atoms with E-state index in [4.69, 9.17) is 0 Å². The molecule has 1 fully saturated rings. The number of aliphatic hydroxyl groups excluding tert-OH is 1. The summed E-state index contributed by atoms with van der Waals surface area (Å²) in [6.45, 7) is 6.55. The molecule has 0 aromatic carbocycles. The fraction of sp³-hybridized carbons (Fsp3) is 0.714. The van der Waals surface area contributed by atoms with E-state index in [2.05, 4.69) is 20.6 Å². The first-order valence-electron chi connectivity index (χ1n) is 7.17. The van der Waals surface area contributed by atoms with Gasteiger partial charge in [-0.1, -0.05) is 6.92 Å². The minimum atomic E-state index is -0.322. The van der Waals surface area contributed by atoms with Crippen LogP contribution in [0.4, 0.5) is 5.82 Å². The number of aryl methyl sites for hydroxylation is 1. The Kier molecular flexibility index (Phi) is 5.10. The van der Waals surface area contributed by atoms with Crippen molar-refractivity contribution in [1.82, 2.24) is 15.3 Å². The molecule has 0 saturated carbocycles. The largest absolute Gasteiger partial charge is 0.391 e. The van der Waals surface area contributed by atoms with Crippen molar-refractivity contribution in [2.24, 2.45) is 0 Å². The van der Waals surface area contributed by atoms with Crippen LogP contribution in [0.2, 0.25) is 0 Å². The molecule has 3 N–H and O–H groups in total. The Hall–Kier alpha value is -1.20. The summed E-state index contributed by atoms with van der Waals surface area (Å²) < 4.78 is 0. The zero-order valence-electron chi connectivity index (χ0n) is 11.8. The van der Waals surface area contributed by atoms with E-state index < -0.39 is 0 Å². The van der Waals surface area contributed by atoms with Crippen LogP contribution in [0.25, 0.3) is 0 Å². The third-order valence-electron chi connectivity index (χ3n) is 3.61. The number of piperidine rings is 1. The predicted octanol–water partition coefficient (Wildman–Crippen LogP) is 1.43. The Bertz CT molecular complexity index is 404. The van der Waals surface area contributed by atoms with Crippen LogP contribution < -0.4 is 10.6 Å². The monoisotopic (exact) mass is 264 g/mol. The lowest BCUT2D eigenvalue weighted by Gasteiger charge is -2.22. The Labute approximate surface area is 114 Å². The molecule has 5 nitrogen and oxygen atoms in total. The van der Waals surface area contributed by atoms with Crippen LogP contribution in [0, 0.1) is 6.92 Å². The zero-order chi connectivity index (χ0) is 13.7. The fourth-order valence-corrected chi connectivity index (χ4v) is 2.37. The van der Waals surface area contributed by atoms with Gasteiger partial charge in [0.1, 0.15) is 11.6 Å². The normalized spacial score (nSPS) is 18.3. The molecule has 1 saturated heterocycles. The molecule has 1 aliphatic rings. The van der Waals surface area contributed by atoms with Gasteiger partial charge in [0.25, 0.3) is 0 Å². The first-order chi connectivity index (χ1) is 9.19. The van der Waals surface area contributed by atoms with Crippen molar-refractivity contribution in [3.8, 4) is 0 Å². The summed E-state index contributed by atoms with van der Waals surface area (Å²) in [4.78, 5) is 8.95. The van der Waals surface area contributed by atoms with Crippen LogP contribution in [0.1, 0.15) is 43.6 Å². The average molecular weight is 264 g/mol. The zero-order valence-corrected chi connectivity index (χ0v) is 11.8. The van der Waals surface area contributed by atoms with Crippen molar-refractivity contribution in [2.75, 3.05) is 25.0 Å². The summed E-state index contributed by atoms with van der Waals surface area (Å²) in [6.07, 6.45) is 2.69. The van der Waals surface area contributed by atoms with Crippen LogP contribution in [0.15, 0.2) is 6.07 Å². The topological polar surface area (TPSA) is 70.1 Å². The quantitative estimate of drug-likeness (QED) is 0.750. The van der Waals surface area contributed by atoms with Crippen LogP contribution in [-0.4, -0.2) is 40.8 Å². The summed E-state index contributed by atoms with van der Waals surface area (Å²) in [5.74, 6) is 2.15. The van der Waals surface area contributed by atoms with E-state index in [1.54, 1.807) is 0 Å². The van der Waals surface area contributed by atoms with Gasteiger partial charge in [0.2, 0.25) is 0 Å². The number of hydrogen-bond acceptors (Lipinski definition) is 5. The lowest BCUT2D eigenvalue weighted by molar-refractivity contribution is 0.183. The van der Waals surface area contributed by atoms with Gasteiger partial charge in [-0.15, -0.1) is 0 Å². The van der Waals surface area contributed by atoms with Crippen LogP contribution >= 0.6 is 0 Å². The molecule has 5 heteroatoms. The lowest BCUT2D eigenvalue weighted by atomic mass is 9.94. The first-order valence-corrected chi connectivity index (χ1v) is 7.17. The second-order valence-corrected chi connectivity index (χ2v) is 5.19.